The number of piperidine rings is 1. The van der Waals surface area contributed by atoms with Gasteiger partial charge in [-0.05, 0) is 50.9 Å². The van der Waals surface area contributed by atoms with Crippen molar-refractivity contribution >= 4 is 5.97 Å². The van der Waals surface area contributed by atoms with Gasteiger partial charge >= 0.3 is 5.97 Å². The molecule has 0 aromatic carbocycles. The van der Waals surface area contributed by atoms with E-state index >= 15 is 0 Å². The van der Waals surface area contributed by atoms with Gasteiger partial charge < -0.3 is 14.8 Å². The highest BCUT2D eigenvalue weighted by atomic mass is 16.6. The normalized spacial score (nSPS) is 38.0. The molecule has 3 aliphatic rings. The smallest absolute Gasteiger partial charge is 0.323 e. The van der Waals surface area contributed by atoms with Crippen molar-refractivity contribution in [3.05, 3.63) is 0 Å². The molecule has 0 bridgehead atoms. The number of hydrogen-bond donors (Lipinski definition) is 1. The van der Waals surface area contributed by atoms with Gasteiger partial charge in [-0.25, -0.2) is 0 Å². The zero-order valence-corrected chi connectivity index (χ0v) is 12.3. The van der Waals surface area contributed by atoms with Gasteiger partial charge in [0.2, 0.25) is 0 Å². The maximum absolute atomic E-state index is 12.2. The molecule has 2 aliphatic heterocycles. The molecule has 0 amide bonds. The van der Waals surface area contributed by atoms with E-state index < -0.39 is 0 Å². The molecule has 1 N–H and O–H groups in total. The Kier molecular flexibility index (Phi) is 4.94. The number of fused-ring (bicyclic) bond motifs is 1. The molecule has 0 aromatic rings. The summed E-state index contributed by atoms with van der Waals surface area (Å²) in [4.78, 5) is 12.2. The first kappa shape index (κ1) is 14.3. The Labute approximate surface area is 121 Å². The van der Waals surface area contributed by atoms with Gasteiger partial charge in [0, 0.05) is 12.6 Å². The molecule has 0 radical (unpaired) electrons. The summed E-state index contributed by atoms with van der Waals surface area (Å²) in [6.45, 7) is 1.25. The van der Waals surface area contributed by atoms with E-state index in [2.05, 4.69) is 5.32 Å². The van der Waals surface area contributed by atoms with Crippen LogP contribution in [-0.2, 0) is 14.3 Å². The minimum absolute atomic E-state index is 0.0665. The van der Waals surface area contributed by atoms with Gasteiger partial charge in [0.15, 0.2) is 0 Å². The van der Waals surface area contributed by atoms with Gasteiger partial charge in [-0.1, -0.05) is 12.8 Å². The summed E-state index contributed by atoms with van der Waals surface area (Å²) in [5.41, 5.74) is 0. The fraction of sp³-hybridized carbons (Fsp3) is 0.938. The van der Waals surface area contributed by atoms with E-state index in [9.17, 15) is 4.79 Å². The molecular formula is C16H27NO3. The van der Waals surface area contributed by atoms with Crippen LogP contribution in [0.25, 0.3) is 0 Å². The summed E-state index contributed by atoms with van der Waals surface area (Å²) >= 11 is 0. The second-order valence-corrected chi connectivity index (χ2v) is 6.57. The Bertz CT molecular complexity index is 328. The number of esters is 1. The molecule has 3 rings (SSSR count). The quantitative estimate of drug-likeness (QED) is 0.807. The molecule has 4 heteroatoms. The highest BCUT2D eigenvalue weighted by Gasteiger charge is 2.35. The Balaban J connectivity index is 1.42. The van der Waals surface area contributed by atoms with Crippen molar-refractivity contribution in [1.82, 2.24) is 5.32 Å². The molecule has 4 atom stereocenters. The van der Waals surface area contributed by atoms with Gasteiger partial charge in [-0.15, -0.1) is 0 Å². The van der Waals surface area contributed by atoms with Gasteiger partial charge in [0.1, 0.15) is 12.6 Å². The lowest BCUT2D eigenvalue weighted by atomic mass is 9.78. The van der Waals surface area contributed by atoms with Gasteiger partial charge in [0.25, 0.3) is 0 Å². The van der Waals surface area contributed by atoms with Crippen LogP contribution in [0.1, 0.15) is 57.8 Å². The Morgan fingerprint density at radius 3 is 2.75 bits per heavy atom. The number of hydrogen-bond acceptors (Lipinski definition) is 4. The zero-order chi connectivity index (χ0) is 13.8. The van der Waals surface area contributed by atoms with Crippen molar-refractivity contribution < 1.29 is 14.3 Å². The van der Waals surface area contributed by atoms with E-state index in [-0.39, 0.29) is 18.1 Å². The first-order chi connectivity index (χ1) is 9.83. The molecule has 114 valence electrons. The number of carbonyl (C=O) groups is 1. The van der Waals surface area contributed by atoms with Crippen LogP contribution in [0.4, 0.5) is 0 Å². The van der Waals surface area contributed by atoms with Gasteiger partial charge in [-0.2, -0.15) is 0 Å². The van der Waals surface area contributed by atoms with E-state index in [1.54, 1.807) is 0 Å². The Morgan fingerprint density at radius 1 is 1.05 bits per heavy atom. The highest BCUT2D eigenvalue weighted by molar-refractivity contribution is 5.76. The molecule has 0 aromatic heterocycles. The first-order valence-corrected chi connectivity index (χ1v) is 8.37. The fourth-order valence-electron chi connectivity index (χ4n) is 3.90. The Hall–Kier alpha value is -0.610. The van der Waals surface area contributed by atoms with Crippen LogP contribution in [0, 0.1) is 5.92 Å². The fourth-order valence-corrected chi connectivity index (χ4v) is 3.90. The maximum atomic E-state index is 12.2. The summed E-state index contributed by atoms with van der Waals surface area (Å²) in [6, 6.07) is 0.457. The largest absolute Gasteiger partial charge is 0.462 e. The lowest BCUT2D eigenvalue weighted by Gasteiger charge is -2.39. The average molecular weight is 281 g/mol. The maximum Gasteiger partial charge on any atom is 0.323 e. The lowest BCUT2D eigenvalue weighted by molar-refractivity contribution is -0.153. The number of rotatable bonds is 3. The molecule has 1 saturated carbocycles. The minimum Gasteiger partial charge on any atom is -0.462 e. The molecule has 4 unspecified atom stereocenters. The summed E-state index contributed by atoms with van der Waals surface area (Å²) < 4.78 is 11.1. The van der Waals surface area contributed by atoms with Crippen LogP contribution in [0.5, 0.6) is 0 Å². The van der Waals surface area contributed by atoms with Crippen LogP contribution < -0.4 is 5.32 Å². The second kappa shape index (κ2) is 6.90. The molecule has 0 spiro atoms. The summed E-state index contributed by atoms with van der Waals surface area (Å²) in [6.07, 6.45) is 10.8. The summed E-state index contributed by atoms with van der Waals surface area (Å²) in [5.74, 6) is 0.720. The molecule has 4 nitrogen and oxygen atoms in total. The van der Waals surface area contributed by atoms with Crippen LogP contribution in [0.15, 0.2) is 0 Å². The molecule has 20 heavy (non-hydrogen) atoms. The van der Waals surface area contributed by atoms with Crippen molar-refractivity contribution in [2.45, 2.75) is 76.0 Å². The zero-order valence-electron chi connectivity index (χ0n) is 12.3. The average Bonchev–Trinajstić information content (AvgIpc) is 2.53. The third kappa shape index (κ3) is 3.53. The first-order valence-electron chi connectivity index (χ1n) is 8.37. The molecule has 2 saturated heterocycles. The van der Waals surface area contributed by atoms with Gasteiger partial charge in [0.05, 0.1) is 6.10 Å². The third-order valence-electron chi connectivity index (χ3n) is 5.12. The van der Waals surface area contributed by atoms with E-state index in [1.165, 1.54) is 38.5 Å². The van der Waals surface area contributed by atoms with Crippen LogP contribution in [0.3, 0.4) is 0 Å². The van der Waals surface area contributed by atoms with Crippen LogP contribution in [0.2, 0.25) is 0 Å². The third-order valence-corrected chi connectivity index (χ3v) is 5.12. The predicted molar refractivity (Wildman–Crippen MR) is 76.5 cm³/mol. The number of nitrogens with one attached hydrogen (secondary N) is 1. The lowest BCUT2D eigenvalue weighted by Crippen LogP contribution is -2.52. The van der Waals surface area contributed by atoms with Crippen molar-refractivity contribution in [3.63, 3.8) is 0 Å². The molecule has 2 heterocycles. The Morgan fingerprint density at radius 2 is 1.90 bits per heavy atom. The van der Waals surface area contributed by atoms with Crippen molar-refractivity contribution in [2.75, 3.05) is 13.2 Å². The standard InChI is InChI=1S/C16H27NO3/c18-16(20-11-13-6-3-4-10-19-13)15-9-8-12-5-1-2-7-14(12)17-15/h12-15,17H,1-11H2. The number of ether oxygens (including phenoxy) is 2. The SMILES string of the molecule is O=C(OCC1CCCCO1)C1CCC2CCCCC2N1. The van der Waals surface area contributed by atoms with E-state index in [1.807, 2.05) is 0 Å². The van der Waals surface area contributed by atoms with Crippen molar-refractivity contribution in [1.29, 1.82) is 0 Å². The van der Waals surface area contributed by atoms with Crippen LogP contribution in [-0.4, -0.2) is 37.4 Å². The highest BCUT2D eigenvalue weighted by Crippen LogP contribution is 2.32. The van der Waals surface area contributed by atoms with E-state index in [4.69, 9.17) is 9.47 Å². The monoisotopic (exact) mass is 281 g/mol. The topological polar surface area (TPSA) is 47.6 Å². The van der Waals surface area contributed by atoms with Gasteiger partial charge in [-0.3, -0.25) is 4.79 Å². The van der Waals surface area contributed by atoms with Crippen molar-refractivity contribution in [2.24, 2.45) is 5.92 Å². The van der Waals surface area contributed by atoms with E-state index in [0.29, 0.717) is 12.6 Å². The summed E-state index contributed by atoms with van der Waals surface area (Å²) in [5, 5.41) is 3.53. The predicted octanol–water partition coefficient (Wildman–Crippen LogP) is 2.41. The molecule has 3 fully saturated rings. The number of carbonyl (C=O) groups excluding carboxylic acids is 1. The minimum atomic E-state index is -0.0852. The van der Waals surface area contributed by atoms with E-state index in [0.717, 1.165) is 31.8 Å². The summed E-state index contributed by atoms with van der Waals surface area (Å²) in [7, 11) is 0. The second-order valence-electron chi connectivity index (χ2n) is 6.57. The van der Waals surface area contributed by atoms with Crippen LogP contribution >= 0.6 is 0 Å². The van der Waals surface area contributed by atoms with Crippen molar-refractivity contribution in [3.8, 4) is 0 Å². The molecular weight excluding hydrogens is 254 g/mol. The molecule has 1 aliphatic carbocycles.